The summed E-state index contributed by atoms with van der Waals surface area (Å²) in [6.45, 7) is 10.1. The van der Waals surface area contributed by atoms with Crippen LogP contribution in [0.4, 0.5) is 0 Å². The first-order valence-electron chi connectivity index (χ1n) is 10.0. The Morgan fingerprint density at radius 2 is 2.14 bits per heavy atom. The summed E-state index contributed by atoms with van der Waals surface area (Å²) in [4.78, 5) is 7.39. The van der Waals surface area contributed by atoms with E-state index in [1.165, 1.54) is 0 Å². The van der Waals surface area contributed by atoms with Gasteiger partial charge in [-0.1, -0.05) is 6.92 Å². The Morgan fingerprint density at radius 1 is 1.36 bits per heavy atom. The Morgan fingerprint density at radius 3 is 2.79 bits per heavy atom. The fourth-order valence-electron chi connectivity index (χ4n) is 3.69. The number of aliphatic imine (C=N–C) groups is 1. The van der Waals surface area contributed by atoms with Crippen molar-refractivity contribution in [3.8, 4) is 0 Å². The fourth-order valence-corrected chi connectivity index (χ4v) is 4.92. The molecule has 9 heteroatoms. The molecule has 0 bridgehead atoms. The van der Waals surface area contributed by atoms with Crippen molar-refractivity contribution < 1.29 is 9.47 Å². The van der Waals surface area contributed by atoms with E-state index in [1.54, 1.807) is 0 Å². The highest BCUT2D eigenvalue weighted by molar-refractivity contribution is 14.0. The maximum atomic E-state index is 5.99. The molecule has 2 saturated heterocycles. The minimum Gasteiger partial charge on any atom is -0.381 e. The molecule has 2 aliphatic heterocycles. The zero-order chi connectivity index (χ0) is 19.1. The van der Waals surface area contributed by atoms with Crippen molar-refractivity contribution in [1.82, 2.24) is 20.0 Å². The molecule has 160 valence electrons. The van der Waals surface area contributed by atoms with E-state index in [2.05, 4.69) is 29.2 Å². The van der Waals surface area contributed by atoms with Crippen molar-refractivity contribution in [3.05, 3.63) is 18.0 Å². The van der Waals surface area contributed by atoms with Crippen LogP contribution in [0.2, 0.25) is 0 Å². The third kappa shape index (κ3) is 6.24. The molecule has 0 radical (unpaired) electrons. The normalized spacial score (nSPS) is 22.6. The molecule has 1 aromatic rings. The zero-order valence-corrected chi connectivity index (χ0v) is 20.4. The van der Waals surface area contributed by atoms with Crippen LogP contribution >= 0.6 is 35.7 Å². The van der Waals surface area contributed by atoms with Gasteiger partial charge >= 0.3 is 0 Å². The second-order valence-corrected chi connectivity index (χ2v) is 8.88. The lowest BCUT2D eigenvalue weighted by atomic mass is 9.99. The number of hydrogen-bond donors (Lipinski definition) is 1. The third-order valence-corrected chi connectivity index (χ3v) is 6.61. The van der Waals surface area contributed by atoms with E-state index in [-0.39, 0.29) is 34.8 Å². The Bertz CT molecular complexity index is 616. The van der Waals surface area contributed by atoms with Gasteiger partial charge in [0, 0.05) is 49.9 Å². The predicted octanol–water partition coefficient (Wildman–Crippen LogP) is 2.68. The Balaban J connectivity index is 0.00000280. The van der Waals surface area contributed by atoms with E-state index < -0.39 is 0 Å². The predicted molar refractivity (Wildman–Crippen MR) is 126 cm³/mol. The number of morpholine rings is 1. The van der Waals surface area contributed by atoms with E-state index in [1.807, 2.05) is 35.9 Å². The topological polar surface area (TPSA) is 63.9 Å². The maximum Gasteiger partial charge on any atom is 0.194 e. The molecule has 0 amide bonds. The molecule has 2 aliphatic rings. The highest BCUT2D eigenvalue weighted by atomic mass is 127. The van der Waals surface area contributed by atoms with Gasteiger partial charge in [0.1, 0.15) is 6.10 Å². The minimum absolute atomic E-state index is 0. The average molecular weight is 523 g/mol. The molecule has 7 nitrogen and oxygen atoms in total. The Kier molecular flexibility index (Phi) is 9.85. The number of aryl methyl sites for hydroxylation is 1. The summed E-state index contributed by atoms with van der Waals surface area (Å²) in [5.74, 6) is 2.12. The van der Waals surface area contributed by atoms with Crippen molar-refractivity contribution >= 4 is 41.7 Å². The molecular formula is C19H34IN5O2S. The number of halogens is 1. The smallest absolute Gasteiger partial charge is 0.194 e. The quantitative estimate of drug-likeness (QED) is 0.352. The second kappa shape index (κ2) is 11.6. The van der Waals surface area contributed by atoms with Crippen LogP contribution in [-0.4, -0.2) is 77.1 Å². The number of rotatable bonds is 6. The van der Waals surface area contributed by atoms with Crippen LogP contribution in [0.25, 0.3) is 0 Å². The van der Waals surface area contributed by atoms with Crippen molar-refractivity contribution in [1.29, 1.82) is 0 Å². The van der Waals surface area contributed by atoms with Crippen molar-refractivity contribution in [3.63, 3.8) is 0 Å². The number of aromatic nitrogens is 2. The Hall–Kier alpha value is -0.520. The van der Waals surface area contributed by atoms with Crippen LogP contribution in [0, 0.1) is 0 Å². The van der Waals surface area contributed by atoms with Gasteiger partial charge in [0.25, 0.3) is 0 Å². The second-order valence-electron chi connectivity index (χ2n) is 7.15. The number of ether oxygens (including phenoxy) is 2. The molecule has 3 heterocycles. The van der Waals surface area contributed by atoms with Gasteiger partial charge in [0.15, 0.2) is 5.96 Å². The highest BCUT2D eigenvalue weighted by Crippen LogP contribution is 2.35. The summed E-state index contributed by atoms with van der Waals surface area (Å²) in [6.07, 6.45) is 6.13. The van der Waals surface area contributed by atoms with Crippen LogP contribution in [-0.2, 0) is 16.5 Å². The molecule has 0 aliphatic carbocycles. The molecule has 28 heavy (non-hydrogen) atoms. The van der Waals surface area contributed by atoms with Gasteiger partial charge in [-0.2, -0.15) is 16.9 Å². The summed E-state index contributed by atoms with van der Waals surface area (Å²) in [5.41, 5.74) is 1.13. The number of nitrogens with zero attached hydrogens (tertiary/aromatic N) is 4. The lowest BCUT2D eigenvalue weighted by Gasteiger charge is -2.37. The van der Waals surface area contributed by atoms with E-state index in [0.717, 1.165) is 69.5 Å². The van der Waals surface area contributed by atoms with Crippen molar-refractivity contribution in [2.24, 2.45) is 12.0 Å². The minimum atomic E-state index is 0. The van der Waals surface area contributed by atoms with E-state index in [4.69, 9.17) is 14.5 Å². The van der Waals surface area contributed by atoms with Crippen molar-refractivity contribution in [2.45, 2.75) is 37.5 Å². The van der Waals surface area contributed by atoms with Crippen LogP contribution in [0.5, 0.6) is 0 Å². The maximum absolute atomic E-state index is 5.99. The highest BCUT2D eigenvalue weighted by Gasteiger charge is 2.33. The Labute approximate surface area is 190 Å². The van der Waals surface area contributed by atoms with Gasteiger partial charge in [0.05, 0.1) is 25.9 Å². The summed E-state index contributed by atoms with van der Waals surface area (Å²) in [6, 6.07) is 0. The molecule has 0 spiro atoms. The lowest BCUT2D eigenvalue weighted by Crippen LogP contribution is -2.49. The molecule has 1 aromatic heterocycles. The molecule has 1 unspecified atom stereocenters. The van der Waals surface area contributed by atoms with Crippen LogP contribution in [0.1, 0.15) is 38.4 Å². The molecule has 3 rings (SSSR count). The molecule has 1 atom stereocenters. The zero-order valence-electron chi connectivity index (χ0n) is 17.2. The molecule has 2 fully saturated rings. The van der Waals surface area contributed by atoms with Gasteiger partial charge in [-0.3, -0.25) is 9.67 Å². The lowest BCUT2D eigenvalue weighted by molar-refractivity contribution is -0.00808. The SMILES string of the molecule is CCNC(=NCC1(SCC)CCOCC1)N1CCOC(c2cnn(C)c2)C1.I. The van der Waals surface area contributed by atoms with Crippen molar-refractivity contribution in [2.75, 3.05) is 51.8 Å². The largest absolute Gasteiger partial charge is 0.381 e. The number of guanidine groups is 1. The number of thioether (sulfide) groups is 1. The molecular weight excluding hydrogens is 489 g/mol. The van der Waals surface area contributed by atoms with E-state index in [0.29, 0.717) is 6.61 Å². The summed E-state index contributed by atoms with van der Waals surface area (Å²) >= 11 is 2.04. The van der Waals surface area contributed by atoms with Crippen LogP contribution < -0.4 is 5.32 Å². The molecule has 0 saturated carbocycles. The summed E-state index contributed by atoms with van der Waals surface area (Å²) in [7, 11) is 1.94. The fraction of sp³-hybridized carbons (Fsp3) is 0.789. The summed E-state index contributed by atoms with van der Waals surface area (Å²) < 4.78 is 13.6. The first kappa shape index (κ1) is 23.8. The third-order valence-electron chi connectivity index (χ3n) is 5.17. The van der Waals surface area contributed by atoms with Gasteiger partial charge in [-0.05, 0) is 25.5 Å². The van der Waals surface area contributed by atoms with E-state index in [9.17, 15) is 0 Å². The van der Waals surface area contributed by atoms with Gasteiger partial charge in [-0.15, -0.1) is 24.0 Å². The molecule has 0 aromatic carbocycles. The average Bonchev–Trinajstić information content (AvgIpc) is 3.13. The number of hydrogen-bond acceptors (Lipinski definition) is 5. The van der Waals surface area contributed by atoms with Gasteiger partial charge in [0.2, 0.25) is 0 Å². The number of nitrogens with one attached hydrogen (secondary N) is 1. The van der Waals surface area contributed by atoms with Crippen LogP contribution in [0.15, 0.2) is 17.4 Å². The van der Waals surface area contributed by atoms with Gasteiger partial charge < -0.3 is 19.7 Å². The van der Waals surface area contributed by atoms with Crippen LogP contribution in [0.3, 0.4) is 0 Å². The first-order valence-corrected chi connectivity index (χ1v) is 11.0. The molecule has 1 N–H and O–H groups in total. The summed E-state index contributed by atoms with van der Waals surface area (Å²) in [5, 5.41) is 7.77. The monoisotopic (exact) mass is 523 g/mol. The van der Waals surface area contributed by atoms with Gasteiger partial charge in [-0.25, -0.2) is 0 Å². The standard InChI is InChI=1S/C19H33N5O2S.HI/c1-4-20-18(21-15-19(27-5-2)6-9-25-10-7-19)24-8-11-26-17(14-24)16-12-22-23(3)13-16;/h12-13,17H,4-11,14-15H2,1-3H3,(H,20,21);1H. The first-order chi connectivity index (χ1) is 13.2. The van der Waals surface area contributed by atoms with E-state index >= 15 is 0 Å².